The molecule has 6 nitrogen and oxygen atoms in total. The zero-order valence-electron chi connectivity index (χ0n) is 16.2. The van der Waals surface area contributed by atoms with Crippen LogP contribution in [0.2, 0.25) is 0 Å². The number of nitrogens with one attached hydrogen (secondary N) is 2. The van der Waals surface area contributed by atoms with Crippen LogP contribution >= 0.6 is 0 Å². The van der Waals surface area contributed by atoms with Crippen LogP contribution in [0.3, 0.4) is 0 Å². The predicted octanol–water partition coefficient (Wildman–Crippen LogP) is 3.89. The van der Waals surface area contributed by atoms with E-state index in [4.69, 9.17) is 4.74 Å². The molecule has 7 heteroatoms. The SMILES string of the molecule is COc1c(NCC(=O)Nc2ccccc2)cc(C)cc1S(=O)(=O)c1ccccc1. The lowest BCUT2D eigenvalue weighted by Gasteiger charge is -2.17. The van der Waals surface area contributed by atoms with Crippen molar-refractivity contribution in [1.29, 1.82) is 0 Å². The molecular weight excluding hydrogens is 388 g/mol. The van der Waals surface area contributed by atoms with E-state index in [2.05, 4.69) is 10.6 Å². The molecule has 0 unspecified atom stereocenters. The van der Waals surface area contributed by atoms with E-state index in [1.165, 1.54) is 19.2 Å². The van der Waals surface area contributed by atoms with Crippen LogP contribution < -0.4 is 15.4 Å². The maximum atomic E-state index is 13.1. The average Bonchev–Trinajstić information content (AvgIpc) is 2.73. The number of amides is 1. The van der Waals surface area contributed by atoms with Crippen molar-refractivity contribution in [3.05, 3.63) is 78.4 Å². The standard InChI is InChI=1S/C22H22N2O4S/c1-16-13-19(23-15-21(25)24-17-9-5-3-6-10-17)22(28-2)20(14-16)29(26,27)18-11-7-4-8-12-18/h3-14,23H,15H2,1-2H3,(H,24,25). The van der Waals surface area contributed by atoms with Crippen LogP contribution in [-0.2, 0) is 14.6 Å². The Morgan fingerprint density at radius 2 is 1.59 bits per heavy atom. The van der Waals surface area contributed by atoms with Crippen LogP contribution in [0.5, 0.6) is 5.75 Å². The molecule has 0 spiro atoms. The van der Waals surface area contributed by atoms with Gasteiger partial charge in [0.25, 0.3) is 0 Å². The lowest BCUT2D eigenvalue weighted by atomic mass is 10.2. The topological polar surface area (TPSA) is 84.5 Å². The van der Waals surface area contributed by atoms with Gasteiger partial charge in [-0.05, 0) is 48.9 Å². The molecular formula is C22H22N2O4S. The molecule has 1 amide bonds. The summed E-state index contributed by atoms with van der Waals surface area (Å²) < 4.78 is 31.6. The second-order valence-electron chi connectivity index (χ2n) is 6.43. The molecule has 0 bridgehead atoms. The lowest BCUT2D eigenvalue weighted by Crippen LogP contribution is -2.22. The van der Waals surface area contributed by atoms with Crippen LogP contribution in [0.25, 0.3) is 0 Å². The van der Waals surface area contributed by atoms with E-state index in [9.17, 15) is 13.2 Å². The van der Waals surface area contributed by atoms with E-state index in [1.807, 2.05) is 18.2 Å². The molecule has 0 saturated carbocycles. The Hall–Kier alpha value is -3.32. The van der Waals surface area contributed by atoms with Gasteiger partial charge >= 0.3 is 0 Å². The first-order valence-corrected chi connectivity index (χ1v) is 10.5. The van der Waals surface area contributed by atoms with Gasteiger partial charge in [0.2, 0.25) is 15.7 Å². The molecule has 0 aliphatic carbocycles. The highest BCUT2D eigenvalue weighted by Crippen LogP contribution is 2.36. The molecule has 0 heterocycles. The molecule has 3 rings (SSSR count). The molecule has 3 aromatic carbocycles. The van der Waals surface area contributed by atoms with Crippen LogP contribution in [0.15, 0.2) is 82.6 Å². The van der Waals surface area contributed by atoms with Crippen LogP contribution in [-0.4, -0.2) is 28.0 Å². The Labute approximate surface area is 170 Å². The number of carbonyl (C=O) groups excluding carboxylic acids is 1. The molecule has 0 fully saturated rings. The van der Waals surface area contributed by atoms with E-state index in [0.717, 1.165) is 5.56 Å². The van der Waals surface area contributed by atoms with Gasteiger partial charge < -0.3 is 15.4 Å². The summed E-state index contributed by atoms with van der Waals surface area (Å²) in [5, 5.41) is 5.76. The number of hydrogen-bond donors (Lipinski definition) is 2. The maximum absolute atomic E-state index is 13.1. The lowest BCUT2D eigenvalue weighted by molar-refractivity contribution is -0.114. The van der Waals surface area contributed by atoms with Crippen molar-refractivity contribution in [2.24, 2.45) is 0 Å². The summed E-state index contributed by atoms with van der Waals surface area (Å²) in [6.45, 7) is 1.75. The van der Waals surface area contributed by atoms with Gasteiger partial charge in [-0.2, -0.15) is 0 Å². The van der Waals surface area contributed by atoms with Gasteiger partial charge in [0.05, 0.1) is 24.2 Å². The molecule has 0 aliphatic rings. The highest BCUT2D eigenvalue weighted by Gasteiger charge is 2.25. The second-order valence-corrected chi connectivity index (χ2v) is 8.35. The minimum Gasteiger partial charge on any atom is -0.493 e. The van der Waals surface area contributed by atoms with Crippen molar-refractivity contribution < 1.29 is 17.9 Å². The highest BCUT2D eigenvalue weighted by molar-refractivity contribution is 7.91. The van der Waals surface area contributed by atoms with Gasteiger partial charge in [-0.3, -0.25) is 4.79 Å². The number of aryl methyl sites for hydroxylation is 1. The fourth-order valence-corrected chi connectivity index (χ4v) is 4.46. The van der Waals surface area contributed by atoms with Crippen molar-refractivity contribution >= 4 is 27.1 Å². The molecule has 0 aliphatic heterocycles. The van der Waals surface area contributed by atoms with Gasteiger partial charge in [0.15, 0.2) is 5.75 Å². The van der Waals surface area contributed by atoms with Crippen LogP contribution in [0, 0.1) is 6.92 Å². The predicted molar refractivity (Wildman–Crippen MR) is 113 cm³/mol. The maximum Gasteiger partial charge on any atom is 0.243 e. The smallest absolute Gasteiger partial charge is 0.243 e. The van der Waals surface area contributed by atoms with Gasteiger partial charge in [-0.15, -0.1) is 0 Å². The number of hydrogen-bond acceptors (Lipinski definition) is 5. The fourth-order valence-electron chi connectivity index (χ4n) is 2.91. The minimum absolute atomic E-state index is 0.0421. The quantitative estimate of drug-likeness (QED) is 0.617. The van der Waals surface area contributed by atoms with Gasteiger partial charge in [0.1, 0.15) is 4.90 Å². The number of para-hydroxylation sites is 1. The van der Waals surface area contributed by atoms with Gasteiger partial charge in [-0.1, -0.05) is 36.4 Å². The third-order valence-corrected chi connectivity index (χ3v) is 6.02. The van der Waals surface area contributed by atoms with Crippen molar-refractivity contribution in [2.45, 2.75) is 16.7 Å². The van der Waals surface area contributed by atoms with E-state index in [0.29, 0.717) is 11.4 Å². The van der Waals surface area contributed by atoms with Crippen molar-refractivity contribution in [3.63, 3.8) is 0 Å². The largest absolute Gasteiger partial charge is 0.493 e. The molecule has 0 radical (unpaired) electrons. The summed E-state index contributed by atoms with van der Waals surface area (Å²) in [6.07, 6.45) is 0. The van der Waals surface area contributed by atoms with Crippen molar-refractivity contribution in [1.82, 2.24) is 0 Å². The third-order valence-electron chi connectivity index (χ3n) is 4.24. The summed E-state index contributed by atoms with van der Waals surface area (Å²) in [6, 6.07) is 20.6. The Balaban J connectivity index is 1.87. The summed E-state index contributed by atoms with van der Waals surface area (Å²) in [5.41, 5.74) is 1.85. The molecule has 3 aromatic rings. The Bertz CT molecular complexity index is 1100. The second kappa shape index (κ2) is 8.79. The fraction of sp³-hybridized carbons (Fsp3) is 0.136. The zero-order chi connectivity index (χ0) is 20.9. The summed E-state index contributed by atoms with van der Waals surface area (Å²) in [7, 11) is -2.37. The Kier molecular flexibility index (Phi) is 6.19. The molecule has 29 heavy (non-hydrogen) atoms. The van der Waals surface area contributed by atoms with E-state index in [-0.39, 0.29) is 28.0 Å². The first kappa shape index (κ1) is 20.4. The Morgan fingerprint density at radius 1 is 0.966 bits per heavy atom. The number of ether oxygens (including phenoxy) is 1. The number of rotatable bonds is 7. The van der Waals surface area contributed by atoms with Gasteiger partial charge in [-0.25, -0.2) is 8.42 Å². The number of benzene rings is 3. The van der Waals surface area contributed by atoms with E-state index >= 15 is 0 Å². The zero-order valence-corrected chi connectivity index (χ0v) is 17.0. The monoisotopic (exact) mass is 410 g/mol. The normalized spacial score (nSPS) is 11.0. The number of anilines is 2. The first-order chi connectivity index (χ1) is 13.9. The average molecular weight is 410 g/mol. The molecule has 0 saturated heterocycles. The summed E-state index contributed by atoms with van der Waals surface area (Å²) >= 11 is 0. The van der Waals surface area contributed by atoms with E-state index < -0.39 is 9.84 Å². The molecule has 150 valence electrons. The van der Waals surface area contributed by atoms with Gasteiger partial charge in [0, 0.05) is 5.69 Å². The van der Waals surface area contributed by atoms with Crippen molar-refractivity contribution in [3.8, 4) is 5.75 Å². The molecule has 0 atom stereocenters. The van der Waals surface area contributed by atoms with Crippen LogP contribution in [0.1, 0.15) is 5.56 Å². The minimum atomic E-state index is -3.78. The molecule has 0 aromatic heterocycles. The van der Waals surface area contributed by atoms with Crippen LogP contribution in [0.4, 0.5) is 11.4 Å². The summed E-state index contributed by atoms with van der Waals surface area (Å²) in [4.78, 5) is 12.5. The first-order valence-electron chi connectivity index (χ1n) is 8.99. The number of sulfone groups is 1. The third kappa shape index (κ3) is 4.75. The Morgan fingerprint density at radius 3 is 2.21 bits per heavy atom. The van der Waals surface area contributed by atoms with Crippen molar-refractivity contribution in [2.75, 3.05) is 24.3 Å². The number of methoxy groups -OCH3 is 1. The molecule has 2 N–H and O–H groups in total. The summed E-state index contributed by atoms with van der Waals surface area (Å²) in [5.74, 6) is -0.0841. The number of carbonyl (C=O) groups is 1. The highest BCUT2D eigenvalue weighted by atomic mass is 32.2. The van der Waals surface area contributed by atoms with E-state index in [1.54, 1.807) is 49.4 Å².